The Kier molecular flexibility index (Phi) is 3.00. The number of alkyl halides is 1. The van der Waals surface area contributed by atoms with Gasteiger partial charge in [0.1, 0.15) is 6.10 Å². The molecule has 3 rings (SSSR count). The normalized spacial score (nSPS) is 18.1. The Labute approximate surface area is 110 Å². The highest BCUT2D eigenvalue weighted by atomic mass is 79.9. The molecular formula is C15H13BrO. The highest BCUT2D eigenvalue weighted by Gasteiger charge is 2.24. The number of fused-ring (bicyclic) bond motifs is 1. The Morgan fingerprint density at radius 3 is 2.71 bits per heavy atom. The molecule has 0 N–H and O–H groups in total. The summed E-state index contributed by atoms with van der Waals surface area (Å²) in [4.78, 5) is 0. The molecule has 1 aliphatic heterocycles. The predicted molar refractivity (Wildman–Crippen MR) is 72.1 cm³/mol. The van der Waals surface area contributed by atoms with Gasteiger partial charge < -0.3 is 4.74 Å². The number of ether oxygens (including phenoxy) is 1. The van der Waals surface area contributed by atoms with Crippen molar-refractivity contribution in [3.63, 3.8) is 0 Å². The molecule has 0 amide bonds. The van der Waals surface area contributed by atoms with Crippen LogP contribution in [-0.4, -0.2) is 0 Å². The number of benzene rings is 2. The van der Waals surface area contributed by atoms with Crippen LogP contribution >= 0.6 is 15.9 Å². The maximum absolute atomic E-state index is 5.89. The van der Waals surface area contributed by atoms with E-state index in [4.69, 9.17) is 4.74 Å². The molecule has 17 heavy (non-hydrogen) atoms. The average Bonchev–Trinajstić information content (AvgIpc) is 2.82. The van der Waals surface area contributed by atoms with Crippen molar-refractivity contribution in [2.45, 2.75) is 18.0 Å². The Hall–Kier alpha value is -1.12. The van der Waals surface area contributed by atoms with Gasteiger partial charge >= 0.3 is 0 Å². The van der Waals surface area contributed by atoms with Crippen LogP contribution in [0.5, 0.6) is 0 Å². The first kappa shape index (κ1) is 11.0. The summed E-state index contributed by atoms with van der Waals surface area (Å²) in [6.45, 7) is 0.718. The van der Waals surface area contributed by atoms with Crippen LogP contribution < -0.4 is 0 Å². The molecule has 86 valence electrons. The summed E-state index contributed by atoms with van der Waals surface area (Å²) < 4.78 is 5.89. The summed E-state index contributed by atoms with van der Waals surface area (Å²) in [6.07, 6.45) is 0.107. The van der Waals surface area contributed by atoms with Gasteiger partial charge in [0.15, 0.2) is 0 Å². The zero-order valence-corrected chi connectivity index (χ0v) is 11.0. The minimum Gasteiger partial charge on any atom is -0.364 e. The van der Waals surface area contributed by atoms with Crippen molar-refractivity contribution in [1.29, 1.82) is 0 Å². The second-order valence-electron chi connectivity index (χ2n) is 4.27. The highest BCUT2D eigenvalue weighted by Crippen LogP contribution is 2.36. The fraction of sp³-hybridized carbons (Fsp3) is 0.200. The molecule has 0 saturated heterocycles. The topological polar surface area (TPSA) is 9.23 Å². The van der Waals surface area contributed by atoms with Crippen LogP contribution in [0.3, 0.4) is 0 Å². The van der Waals surface area contributed by atoms with Gasteiger partial charge in [-0.3, -0.25) is 0 Å². The summed E-state index contributed by atoms with van der Waals surface area (Å²) in [5, 5.41) is 0.899. The van der Waals surface area contributed by atoms with Crippen molar-refractivity contribution < 1.29 is 4.74 Å². The van der Waals surface area contributed by atoms with Gasteiger partial charge in [-0.2, -0.15) is 0 Å². The van der Waals surface area contributed by atoms with E-state index in [0.29, 0.717) is 0 Å². The van der Waals surface area contributed by atoms with E-state index in [0.717, 1.165) is 11.9 Å². The lowest BCUT2D eigenvalue weighted by Gasteiger charge is -2.11. The molecule has 0 aromatic heterocycles. The monoisotopic (exact) mass is 288 g/mol. The first-order valence-electron chi connectivity index (χ1n) is 5.72. The summed E-state index contributed by atoms with van der Waals surface area (Å²) in [6, 6.07) is 17.0. The lowest BCUT2D eigenvalue weighted by Crippen LogP contribution is -1.97. The van der Waals surface area contributed by atoms with Gasteiger partial charge in [-0.05, 0) is 22.3 Å². The maximum atomic E-state index is 5.89. The van der Waals surface area contributed by atoms with Crippen molar-refractivity contribution in [3.8, 4) is 0 Å². The van der Waals surface area contributed by atoms with Gasteiger partial charge in [-0.25, -0.2) is 0 Å². The van der Waals surface area contributed by atoms with E-state index in [9.17, 15) is 0 Å². The molecule has 1 heterocycles. The number of hydrogen-bond acceptors (Lipinski definition) is 1. The van der Waals surface area contributed by atoms with Gasteiger partial charge in [0.2, 0.25) is 0 Å². The van der Waals surface area contributed by atoms with E-state index in [1.807, 2.05) is 6.07 Å². The second kappa shape index (κ2) is 4.63. The van der Waals surface area contributed by atoms with Gasteiger partial charge in [0.05, 0.1) is 6.61 Å². The summed E-state index contributed by atoms with van der Waals surface area (Å²) in [7, 11) is 0. The molecule has 0 spiro atoms. The molecule has 1 unspecified atom stereocenters. The van der Waals surface area contributed by atoms with Crippen LogP contribution in [-0.2, 0) is 16.7 Å². The van der Waals surface area contributed by atoms with E-state index in [1.165, 1.54) is 22.3 Å². The third-order valence-electron chi connectivity index (χ3n) is 3.15. The molecule has 2 aromatic carbocycles. The third kappa shape index (κ3) is 2.03. The second-order valence-corrected chi connectivity index (χ2v) is 4.83. The fourth-order valence-electron chi connectivity index (χ4n) is 2.29. The molecule has 1 nitrogen and oxygen atoms in total. The molecule has 2 heteroatoms. The Morgan fingerprint density at radius 1 is 1.12 bits per heavy atom. The van der Waals surface area contributed by atoms with Crippen LogP contribution in [0, 0.1) is 0 Å². The van der Waals surface area contributed by atoms with Crippen molar-refractivity contribution in [3.05, 3.63) is 70.8 Å². The minimum atomic E-state index is 0.107. The third-order valence-corrected chi connectivity index (χ3v) is 3.80. The van der Waals surface area contributed by atoms with Crippen LogP contribution in [0.2, 0.25) is 0 Å². The van der Waals surface area contributed by atoms with Crippen LogP contribution in [0.25, 0.3) is 0 Å². The molecule has 0 radical (unpaired) electrons. The highest BCUT2D eigenvalue weighted by molar-refractivity contribution is 9.08. The van der Waals surface area contributed by atoms with E-state index < -0.39 is 0 Å². The lowest BCUT2D eigenvalue weighted by molar-refractivity contribution is 0.0939. The van der Waals surface area contributed by atoms with Crippen molar-refractivity contribution in [2.75, 3.05) is 0 Å². The van der Waals surface area contributed by atoms with E-state index >= 15 is 0 Å². The molecule has 2 aromatic rings. The molecule has 0 bridgehead atoms. The first-order chi connectivity index (χ1) is 8.38. The number of rotatable bonds is 2. The standard InChI is InChI=1S/C15H13BrO/c16-9-11-6-7-14-13(8-11)10-17-15(14)12-4-2-1-3-5-12/h1-8,15H,9-10H2. The van der Waals surface area contributed by atoms with Gasteiger partial charge in [-0.15, -0.1) is 0 Å². The van der Waals surface area contributed by atoms with Gasteiger partial charge in [-0.1, -0.05) is 64.5 Å². The van der Waals surface area contributed by atoms with E-state index in [2.05, 4.69) is 58.4 Å². The smallest absolute Gasteiger partial charge is 0.108 e. The Morgan fingerprint density at radius 2 is 1.94 bits per heavy atom. The SMILES string of the molecule is BrCc1ccc2c(c1)COC2c1ccccc1. The maximum Gasteiger partial charge on any atom is 0.108 e. The lowest BCUT2D eigenvalue weighted by atomic mass is 9.98. The predicted octanol–water partition coefficient (Wildman–Crippen LogP) is 4.20. The molecular weight excluding hydrogens is 276 g/mol. The summed E-state index contributed by atoms with van der Waals surface area (Å²) in [5.41, 5.74) is 5.16. The molecule has 0 saturated carbocycles. The zero-order valence-electron chi connectivity index (χ0n) is 9.40. The molecule has 0 fully saturated rings. The molecule has 1 aliphatic rings. The fourth-order valence-corrected chi connectivity index (χ4v) is 2.64. The van der Waals surface area contributed by atoms with E-state index in [1.54, 1.807) is 0 Å². The van der Waals surface area contributed by atoms with Crippen molar-refractivity contribution in [2.24, 2.45) is 0 Å². The molecule has 1 atom stereocenters. The van der Waals surface area contributed by atoms with Crippen molar-refractivity contribution >= 4 is 15.9 Å². The Bertz CT molecular complexity index is 522. The average molecular weight is 289 g/mol. The van der Waals surface area contributed by atoms with Crippen LogP contribution in [0.4, 0.5) is 0 Å². The Balaban J connectivity index is 1.99. The summed E-state index contributed by atoms with van der Waals surface area (Å²) in [5.74, 6) is 0. The molecule has 0 aliphatic carbocycles. The number of hydrogen-bond donors (Lipinski definition) is 0. The van der Waals surface area contributed by atoms with Crippen LogP contribution in [0.1, 0.15) is 28.4 Å². The van der Waals surface area contributed by atoms with Gasteiger partial charge in [0.25, 0.3) is 0 Å². The van der Waals surface area contributed by atoms with Crippen LogP contribution in [0.15, 0.2) is 48.5 Å². The first-order valence-corrected chi connectivity index (χ1v) is 6.85. The minimum absolute atomic E-state index is 0.107. The largest absolute Gasteiger partial charge is 0.364 e. The number of halogens is 1. The summed E-state index contributed by atoms with van der Waals surface area (Å²) >= 11 is 3.49. The van der Waals surface area contributed by atoms with Gasteiger partial charge in [0, 0.05) is 5.33 Å². The van der Waals surface area contributed by atoms with Crippen molar-refractivity contribution in [1.82, 2.24) is 0 Å². The van der Waals surface area contributed by atoms with E-state index in [-0.39, 0.29) is 6.10 Å². The quantitative estimate of drug-likeness (QED) is 0.753. The zero-order chi connectivity index (χ0) is 11.7.